The quantitative estimate of drug-likeness (QED) is 0.748. The zero-order chi connectivity index (χ0) is 15.0. The molecule has 3 aromatic rings. The lowest BCUT2D eigenvalue weighted by Crippen LogP contribution is -2.06. The minimum Gasteiger partial charge on any atom is -0.496 e. The lowest BCUT2D eigenvalue weighted by Gasteiger charge is -2.13. The summed E-state index contributed by atoms with van der Waals surface area (Å²) in [5.41, 5.74) is 8.81. The Morgan fingerprint density at radius 1 is 1.24 bits per heavy atom. The molecule has 0 aliphatic rings. The lowest BCUT2D eigenvalue weighted by molar-refractivity contribution is 0.416. The Labute approximate surface area is 126 Å². The van der Waals surface area contributed by atoms with Gasteiger partial charge in [-0.15, -0.1) is 5.10 Å². The molecule has 2 N–H and O–H groups in total. The van der Waals surface area contributed by atoms with E-state index in [-0.39, 0.29) is 0 Å². The first-order valence-electron chi connectivity index (χ1n) is 6.36. The number of nitrogens with zero attached hydrogens (tertiary/aromatic N) is 4. The first kappa shape index (κ1) is 13.7. The minimum absolute atomic E-state index is 0.507. The molecule has 1 aromatic carbocycles. The van der Waals surface area contributed by atoms with E-state index >= 15 is 0 Å². The molecule has 0 saturated heterocycles. The molecule has 0 bridgehead atoms. The van der Waals surface area contributed by atoms with Gasteiger partial charge in [0.15, 0.2) is 0 Å². The average Bonchev–Trinajstić information content (AvgIpc) is 2.91. The number of aryl methyl sites for hydroxylation is 1. The highest BCUT2D eigenvalue weighted by molar-refractivity contribution is 7.98. The molecule has 0 aliphatic carbocycles. The zero-order valence-corrected chi connectivity index (χ0v) is 12.8. The first-order valence-corrected chi connectivity index (χ1v) is 7.58. The molecule has 21 heavy (non-hydrogen) atoms. The summed E-state index contributed by atoms with van der Waals surface area (Å²) in [4.78, 5) is 8.82. The van der Waals surface area contributed by atoms with Crippen molar-refractivity contribution in [3.63, 3.8) is 0 Å². The summed E-state index contributed by atoms with van der Waals surface area (Å²) >= 11 is 1.46. The van der Waals surface area contributed by atoms with E-state index in [2.05, 4.69) is 15.1 Å². The van der Waals surface area contributed by atoms with Crippen LogP contribution in [0.4, 0.5) is 5.82 Å². The third-order valence-corrected chi connectivity index (χ3v) is 3.78. The van der Waals surface area contributed by atoms with E-state index in [1.54, 1.807) is 11.6 Å². The SMILES string of the molecule is COc1ccccc1-c1c(C)nc2nc(SC)nn2c1N. The predicted octanol–water partition coefficient (Wildman–Crippen LogP) is 2.41. The van der Waals surface area contributed by atoms with E-state index < -0.39 is 0 Å². The van der Waals surface area contributed by atoms with Gasteiger partial charge in [0.05, 0.1) is 12.8 Å². The number of ether oxygens (including phenoxy) is 1. The van der Waals surface area contributed by atoms with Gasteiger partial charge in [0.1, 0.15) is 11.6 Å². The van der Waals surface area contributed by atoms with E-state index in [1.807, 2.05) is 37.4 Å². The van der Waals surface area contributed by atoms with Gasteiger partial charge >= 0.3 is 0 Å². The second-order valence-corrected chi connectivity index (χ2v) is 5.24. The summed E-state index contributed by atoms with van der Waals surface area (Å²) in [6.07, 6.45) is 1.92. The monoisotopic (exact) mass is 301 g/mol. The summed E-state index contributed by atoms with van der Waals surface area (Å²) in [7, 11) is 1.64. The second kappa shape index (κ2) is 5.25. The summed E-state index contributed by atoms with van der Waals surface area (Å²) in [5.74, 6) is 1.77. The molecule has 0 unspecified atom stereocenters. The highest BCUT2D eigenvalue weighted by Crippen LogP contribution is 2.35. The number of rotatable bonds is 3. The van der Waals surface area contributed by atoms with E-state index in [0.717, 1.165) is 22.6 Å². The van der Waals surface area contributed by atoms with Gasteiger partial charge in [0, 0.05) is 11.1 Å². The Bertz CT molecular complexity index is 814. The normalized spacial score (nSPS) is 11.0. The van der Waals surface area contributed by atoms with Crippen molar-refractivity contribution >= 4 is 23.4 Å². The Morgan fingerprint density at radius 3 is 2.71 bits per heavy atom. The van der Waals surface area contributed by atoms with Crippen LogP contribution in [0.5, 0.6) is 5.75 Å². The standard InChI is InChI=1S/C14H15N5OS/c1-8-11(9-6-4-5-7-10(9)20-2)12(15)19-13(16-8)17-14(18-19)21-3/h4-7H,15H2,1-3H3. The third-order valence-electron chi connectivity index (χ3n) is 3.24. The maximum Gasteiger partial charge on any atom is 0.255 e. The summed E-state index contributed by atoms with van der Waals surface area (Å²) < 4.78 is 6.99. The van der Waals surface area contributed by atoms with Crippen LogP contribution in [0, 0.1) is 6.92 Å². The summed E-state index contributed by atoms with van der Waals surface area (Å²) in [6.45, 7) is 1.91. The molecule has 0 fully saturated rings. The first-order chi connectivity index (χ1) is 10.2. The van der Waals surface area contributed by atoms with Crippen LogP contribution in [0.25, 0.3) is 16.9 Å². The molecule has 0 saturated carbocycles. The maximum atomic E-state index is 6.30. The highest BCUT2D eigenvalue weighted by atomic mass is 32.2. The van der Waals surface area contributed by atoms with E-state index in [1.165, 1.54) is 11.8 Å². The fourth-order valence-corrected chi connectivity index (χ4v) is 2.62. The molecule has 0 radical (unpaired) electrons. The molecule has 2 heterocycles. The van der Waals surface area contributed by atoms with E-state index in [9.17, 15) is 0 Å². The molecular weight excluding hydrogens is 286 g/mol. The van der Waals surface area contributed by atoms with Crippen molar-refractivity contribution in [3.8, 4) is 16.9 Å². The number of thioether (sulfide) groups is 1. The maximum absolute atomic E-state index is 6.30. The van der Waals surface area contributed by atoms with Gasteiger partial charge in [0.25, 0.3) is 5.78 Å². The van der Waals surface area contributed by atoms with Gasteiger partial charge in [-0.2, -0.15) is 9.50 Å². The van der Waals surface area contributed by atoms with Gasteiger partial charge < -0.3 is 10.5 Å². The van der Waals surface area contributed by atoms with Crippen molar-refractivity contribution in [1.82, 2.24) is 19.6 Å². The molecule has 3 rings (SSSR count). The van der Waals surface area contributed by atoms with Crippen LogP contribution in [0.2, 0.25) is 0 Å². The van der Waals surface area contributed by atoms with Gasteiger partial charge in [0.2, 0.25) is 5.16 Å². The fourth-order valence-electron chi connectivity index (χ4n) is 2.29. The van der Waals surface area contributed by atoms with Crippen LogP contribution in [-0.2, 0) is 0 Å². The number of hydrogen-bond donors (Lipinski definition) is 1. The molecule has 0 spiro atoms. The minimum atomic E-state index is 0.507. The lowest BCUT2D eigenvalue weighted by atomic mass is 10.0. The Balaban J connectivity index is 2.32. The Morgan fingerprint density at radius 2 is 2.00 bits per heavy atom. The number of nitrogens with two attached hydrogens (primary N) is 1. The van der Waals surface area contributed by atoms with Crippen molar-refractivity contribution < 1.29 is 4.74 Å². The number of para-hydroxylation sites is 1. The fraction of sp³-hybridized carbons (Fsp3) is 0.214. The highest BCUT2D eigenvalue weighted by Gasteiger charge is 2.17. The molecule has 2 aromatic heterocycles. The third kappa shape index (κ3) is 2.19. The van der Waals surface area contributed by atoms with Crippen LogP contribution in [-0.4, -0.2) is 32.9 Å². The van der Waals surface area contributed by atoms with Crippen molar-refractivity contribution in [1.29, 1.82) is 0 Å². The molecular formula is C14H15N5OS. The van der Waals surface area contributed by atoms with E-state index in [4.69, 9.17) is 10.5 Å². The Hall–Kier alpha value is -2.28. The predicted molar refractivity (Wildman–Crippen MR) is 83.7 cm³/mol. The van der Waals surface area contributed by atoms with Crippen molar-refractivity contribution in [2.75, 3.05) is 19.1 Å². The Kier molecular flexibility index (Phi) is 3.42. The van der Waals surface area contributed by atoms with Gasteiger partial charge in [-0.1, -0.05) is 30.0 Å². The number of nitrogen functional groups attached to an aromatic ring is 1. The van der Waals surface area contributed by atoms with Crippen LogP contribution in [0.3, 0.4) is 0 Å². The number of hydrogen-bond acceptors (Lipinski definition) is 6. The summed E-state index contributed by atoms with van der Waals surface area (Å²) in [6, 6.07) is 7.71. The van der Waals surface area contributed by atoms with E-state index in [0.29, 0.717) is 16.8 Å². The van der Waals surface area contributed by atoms with Gasteiger partial charge in [-0.05, 0) is 19.2 Å². The van der Waals surface area contributed by atoms with Crippen LogP contribution >= 0.6 is 11.8 Å². The average molecular weight is 301 g/mol. The topological polar surface area (TPSA) is 78.3 Å². The number of anilines is 1. The molecule has 0 amide bonds. The van der Waals surface area contributed by atoms with Crippen molar-refractivity contribution in [2.24, 2.45) is 0 Å². The van der Waals surface area contributed by atoms with Crippen molar-refractivity contribution in [3.05, 3.63) is 30.0 Å². The number of benzene rings is 1. The van der Waals surface area contributed by atoms with Crippen LogP contribution in [0.15, 0.2) is 29.4 Å². The number of methoxy groups -OCH3 is 1. The molecule has 7 heteroatoms. The number of aromatic nitrogens is 4. The number of fused-ring (bicyclic) bond motifs is 1. The molecule has 0 aliphatic heterocycles. The van der Waals surface area contributed by atoms with Crippen LogP contribution in [0.1, 0.15) is 5.69 Å². The summed E-state index contributed by atoms with van der Waals surface area (Å²) in [5, 5.41) is 5.00. The van der Waals surface area contributed by atoms with Crippen LogP contribution < -0.4 is 10.5 Å². The molecule has 6 nitrogen and oxygen atoms in total. The molecule has 108 valence electrons. The van der Waals surface area contributed by atoms with Gasteiger partial charge in [-0.25, -0.2) is 4.98 Å². The second-order valence-electron chi connectivity index (χ2n) is 4.47. The molecule has 0 atom stereocenters. The zero-order valence-electron chi connectivity index (χ0n) is 12.0. The van der Waals surface area contributed by atoms with Crippen molar-refractivity contribution in [2.45, 2.75) is 12.1 Å². The van der Waals surface area contributed by atoms with Gasteiger partial charge in [-0.3, -0.25) is 0 Å². The smallest absolute Gasteiger partial charge is 0.255 e. The largest absolute Gasteiger partial charge is 0.496 e.